The summed E-state index contributed by atoms with van der Waals surface area (Å²) in [6, 6.07) is 0.774. The summed E-state index contributed by atoms with van der Waals surface area (Å²) < 4.78 is 0. The van der Waals surface area contributed by atoms with E-state index in [4.69, 9.17) is 0 Å². The van der Waals surface area contributed by atoms with E-state index in [9.17, 15) is 0 Å². The zero-order valence-electron chi connectivity index (χ0n) is 12.5. The first-order chi connectivity index (χ1) is 9.83. The van der Waals surface area contributed by atoms with E-state index < -0.39 is 0 Å². The number of hydrogen-bond acceptors (Lipinski definition) is 4. The van der Waals surface area contributed by atoms with Gasteiger partial charge in [0.25, 0.3) is 0 Å². The summed E-state index contributed by atoms with van der Waals surface area (Å²) in [5, 5.41) is 0. The van der Waals surface area contributed by atoms with Gasteiger partial charge in [-0.05, 0) is 45.1 Å². The molecule has 0 aromatic carbocycles. The summed E-state index contributed by atoms with van der Waals surface area (Å²) in [7, 11) is 0. The van der Waals surface area contributed by atoms with E-state index in [0.29, 0.717) is 0 Å². The summed E-state index contributed by atoms with van der Waals surface area (Å²) in [6.07, 6.45) is 12.3. The predicted molar refractivity (Wildman–Crippen MR) is 81.9 cm³/mol. The van der Waals surface area contributed by atoms with Crippen molar-refractivity contribution in [1.82, 2.24) is 14.9 Å². The molecule has 110 valence electrons. The van der Waals surface area contributed by atoms with Gasteiger partial charge in [-0.2, -0.15) is 0 Å². The maximum absolute atomic E-state index is 4.45. The van der Waals surface area contributed by atoms with E-state index in [2.05, 4.69) is 26.7 Å². The van der Waals surface area contributed by atoms with E-state index in [0.717, 1.165) is 30.9 Å². The zero-order chi connectivity index (χ0) is 13.8. The predicted octanol–water partition coefficient (Wildman–Crippen LogP) is 2.57. The van der Waals surface area contributed by atoms with Gasteiger partial charge < -0.3 is 9.80 Å². The van der Waals surface area contributed by atoms with Crippen molar-refractivity contribution in [2.24, 2.45) is 5.92 Å². The first-order valence-electron chi connectivity index (χ1n) is 8.08. The van der Waals surface area contributed by atoms with Gasteiger partial charge in [-0.1, -0.05) is 6.42 Å². The molecule has 4 nitrogen and oxygen atoms in total. The Kier molecular flexibility index (Phi) is 4.51. The monoisotopic (exact) mass is 274 g/mol. The molecule has 0 radical (unpaired) electrons. The van der Waals surface area contributed by atoms with Gasteiger partial charge in [0.2, 0.25) is 0 Å². The molecule has 20 heavy (non-hydrogen) atoms. The Balaban J connectivity index is 1.58. The molecule has 0 aliphatic carbocycles. The van der Waals surface area contributed by atoms with Crippen molar-refractivity contribution in [2.75, 3.05) is 31.1 Å². The Hall–Kier alpha value is -1.16. The Morgan fingerprint density at radius 1 is 1.15 bits per heavy atom. The maximum Gasteiger partial charge on any atom is 0.147 e. The summed E-state index contributed by atoms with van der Waals surface area (Å²) in [6.45, 7) is 7.22. The van der Waals surface area contributed by atoms with Crippen LogP contribution in [0.2, 0.25) is 0 Å². The molecule has 2 fully saturated rings. The van der Waals surface area contributed by atoms with Crippen LogP contribution in [0.15, 0.2) is 18.6 Å². The van der Waals surface area contributed by atoms with Gasteiger partial charge in [0.05, 0.1) is 6.20 Å². The van der Waals surface area contributed by atoms with Crippen LogP contribution in [-0.4, -0.2) is 47.1 Å². The van der Waals surface area contributed by atoms with Gasteiger partial charge >= 0.3 is 0 Å². The number of rotatable bonds is 3. The maximum atomic E-state index is 4.45. The van der Waals surface area contributed by atoms with Gasteiger partial charge in [-0.25, -0.2) is 4.98 Å². The molecular formula is C16H26N4. The Bertz CT molecular complexity index is 408. The lowest BCUT2D eigenvalue weighted by Gasteiger charge is -2.39. The van der Waals surface area contributed by atoms with Gasteiger partial charge in [-0.15, -0.1) is 0 Å². The fraction of sp³-hybridized carbons (Fsp3) is 0.750. The molecular weight excluding hydrogens is 248 g/mol. The third kappa shape index (κ3) is 3.29. The number of nitrogens with zero attached hydrogens (tertiary/aromatic N) is 4. The first kappa shape index (κ1) is 13.8. The van der Waals surface area contributed by atoms with Crippen LogP contribution in [0.5, 0.6) is 0 Å². The lowest BCUT2D eigenvalue weighted by atomic mass is 9.95. The molecule has 4 heteroatoms. The molecule has 2 saturated heterocycles. The van der Waals surface area contributed by atoms with Gasteiger partial charge in [0.1, 0.15) is 5.82 Å². The van der Waals surface area contributed by atoms with Crippen molar-refractivity contribution in [1.29, 1.82) is 0 Å². The lowest BCUT2D eigenvalue weighted by molar-refractivity contribution is 0.130. The number of likely N-dealkylation sites (tertiary alicyclic amines) is 1. The van der Waals surface area contributed by atoms with E-state index in [1.165, 1.54) is 45.2 Å². The van der Waals surface area contributed by atoms with Crippen LogP contribution in [0.1, 0.15) is 39.0 Å². The van der Waals surface area contributed by atoms with E-state index in [1.807, 2.05) is 6.20 Å². The molecule has 1 aromatic rings. The Morgan fingerprint density at radius 3 is 2.90 bits per heavy atom. The molecule has 3 heterocycles. The topological polar surface area (TPSA) is 32.3 Å². The highest BCUT2D eigenvalue weighted by atomic mass is 15.2. The number of anilines is 1. The van der Waals surface area contributed by atoms with E-state index >= 15 is 0 Å². The van der Waals surface area contributed by atoms with Gasteiger partial charge in [0, 0.05) is 38.1 Å². The summed E-state index contributed by atoms with van der Waals surface area (Å²) in [5.41, 5.74) is 0. The van der Waals surface area contributed by atoms with Gasteiger partial charge in [0.15, 0.2) is 0 Å². The van der Waals surface area contributed by atoms with Gasteiger partial charge in [-0.3, -0.25) is 4.98 Å². The molecule has 2 aliphatic heterocycles. The molecule has 0 spiro atoms. The van der Waals surface area contributed by atoms with Crippen LogP contribution >= 0.6 is 0 Å². The van der Waals surface area contributed by atoms with Crippen LogP contribution in [0.25, 0.3) is 0 Å². The smallest absolute Gasteiger partial charge is 0.147 e. The molecule has 2 aliphatic rings. The SMILES string of the molecule is CC1CCCCN1CC1CCCN(c2cnccn2)C1. The quantitative estimate of drug-likeness (QED) is 0.848. The second-order valence-corrected chi connectivity index (χ2v) is 6.36. The van der Waals surface area contributed by atoms with Crippen molar-refractivity contribution < 1.29 is 0 Å². The number of piperidine rings is 2. The standard InChI is InChI=1S/C16H26N4/c1-14-5-2-3-9-19(14)12-15-6-4-10-20(13-15)16-11-17-7-8-18-16/h7-8,11,14-15H,2-6,9-10,12-13H2,1H3. The summed E-state index contributed by atoms with van der Waals surface area (Å²) >= 11 is 0. The second-order valence-electron chi connectivity index (χ2n) is 6.36. The van der Waals surface area contributed by atoms with Crippen molar-refractivity contribution in [3.63, 3.8) is 0 Å². The van der Waals surface area contributed by atoms with Crippen molar-refractivity contribution >= 4 is 5.82 Å². The van der Waals surface area contributed by atoms with Crippen molar-refractivity contribution in [3.8, 4) is 0 Å². The number of aromatic nitrogens is 2. The summed E-state index contributed by atoms with van der Waals surface area (Å²) in [4.78, 5) is 13.8. The van der Waals surface area contributed by atoms with Crippen LogP contribution in [0, 0.1) is 5.92 Å². The normalized spacial score (nSPS) is 28.6. The average molecular weight is 274 g/mol. The lowest BCUT2D eigenvalue weighted by Crippen LogP contribution is -2.45. The van der Waals surface area contributed by atoms with Crippen LogP contribution in [0.4, 0.5) is 5.82 Å². The second kappa shape index (κ2) is 6.53. The molecule has 0 saturated carbocycles. The Labute approximate surface area is 122 Å². The molecule has 2 unspecified atom stereocenters. The highest BCUT2D eigenvalue weighted by Gasteiger charge is 2.26. The van der Waals surface area contributed by atoms with Crippen LogP contribution in [0.3, 0.4) is 0 Å². The molecule has 3 rings (SSSR count). The van der Waals surface area contributed by atoms with E-state index in [1.54, 1.807) is 12.4 Å². The number of hydrogen-bond donors (Lipinski definition) is 0. The average Bonchev–Trinajstić information content (AvgIpc) is 2.51. The minimum absolute atomic E-state index is 0.774. The third-order valence-corrected chi connectivity index (χ3v) is 4.83. The molecule has 1 aromatic heterocycles. The minimum atomic E-state index is 0.774. The fourth-order valence-corrected chi connectivity index (χ4v) is 3.64. The highest BCUT2D eigenvalue weighted by Crippen LogP contribution is 2.24. The molecule has 0 N–H and O–H groups in total. The molecule has 0 bridgehead atoms. The fourth-order valence-electron chi connectivity index (χ4n) is 3.64. The summed E-state index contributed by atoms with van der Waals surface area (Å²) in [5.74, 6) is 1.83. The minimum Gasteiger partial charge on any atom is -0.355 e. The highest BCUT2D eigenvalue weighted by molar-refractivity contribution is 5.35. The molecule has 0 amide bonds. The molecule has 2 atom stereocenters. The Morgan fingerprint density at radius 2 is 2.10 bits per heavy atom. The third-order valence-electron chi connectivity index (χ3n) is 4.83. The zero-order valence-corrected chi connectivity index (χ0v) is 12.5. The van der Waals surface area contributed by atoms with E-state index in [-0.39, 0.29) is 0 Å². The van der Waals surface area contributed by atoms with Crippen molar-refractivity contribution in [3.05, 3.63) is 18.6 Å². The first-order valence-corrected chi connectivity index (χ1v) is 8.08. The largest absolute Gasteiger partial charge is 0.355 e. The van der Waals surface area contributed by atoms with Crippen LogP contribution in [-0.2, 0) is 0 Å². The van der Waals surface area contributed by atoms with Crippen LogP contribution < -0.4 is 4.90 Å². The van der Waals surface area contributed by atoms with Crippen molar-refractivity contribution in [2.45, 2.75) is 45.1 Å².